The van der Waals surface area contributed by atoms with Crippen molar-refractivity contribution in [3.8, 4) is 0 Å². The van der Waals surface area contributed by atoms with Crippen molar-refractivity contribution in [1.82, 2.24) is 5.32 Å². The van der Waals surface area contributed by atoms with Gasteiger partial charge in [0.15, 0.2) is 0 Å². The van der Waals surface area contributed by atoms with Crippen molar-refractivity contribution in [2.24, 2.45) is 5.92 Å². The van der Waals surface area contributed by atoms with Gasteiger partial charge in [0, 0.05) is 34.9 Å². The Morgan fingerprint density at radius 2 is 2.00 bits per heavy atom. The lowest BCUT2D eigenvalue weighted by Gasteiger charge is -2.25. The van der Waals surface area contributed by atoms with Gasteiger partial charge in [-0.15, -0.1) is 0 Å². The molecule has 2 aliphatic rings. The Kier molecular flexibility index (Phi) is 2.60. The van der Waals surface area contributed by atoms with E-state index in [1.807, 2.05) is 0 Å². The van der Waals surface area contributed by atoms with E-state index in [2.05, 4.69) is 57.1 Å². The summed E-state index contributed by atoms with van der Waals surface area (Å²) >= 11 is 2.36. The van der Waals surface area contributed by atoms with Gasteiger partial charge in [0.25, 0.3) is 0 Å². The molecular formula is C12H15IN2. The lowest BCUT2D eigenvalue weighted by atomic mass is 10.1. The van der Waals surface area contributed by atoms with Crippen molar-refractivity contribution in [1.29, 1.82) is 0 Å². The molecule has 2 nitrogen and oxygen atoms in total. The average molecular weight is 314 g/mol. The zero-order valence-electron chi connectivity index (χ0n) is 8.62. The third-order valence-electron chi connectivity index (χ3n) is 3.60. The monoisotopic (exact) mass is 314 g/mol. The van der Waals surface area contributed by atoms with Crippen LogP contribution in [-0.2, 0) is 0 Å². The van der Waals surface area contributed by atoms with Gasteiger partial charge < -0.3 is 10.2 Å². The Hall–Kier alpha value is -0.290. The standard InChI is InChI=1S/C12H15IN2/c13-10-1-3-11(4-2-10)15-6-5-9-7-14-8-12(9)15/h1-4,9,12,14H,5-8H2/t9-,12+/m1/s1. The van der Waals surface area contributed by atoms with E-state index in [0.717, 1.165) is 18.5 Å². The Morgan fingerprint density at radius 1 is 1.20 bits per heavy atom. The van der Waals surface area contributed by atoms with Gasteiger partial charge in [0.1, 0.15) is 0 Å². The SMILES string of the molecule is Ic1ccc(N2CC[C@@H]3CNC[C@@H]32)cc1. The van der Waals surface area contributed by atoms with Gasteiger partial charge in [-0.05, 0) is 59.2 Å². The summed E-state index contributed by atoms with van der Waals surface area (Å²) in [7, 11) is 0. The fraction of sp³-hybridized carbons (Fsp3) is 0.500. The maximum absolute atomic E-state index is 3.49. The predicted molar refractivity (Wildman–Crippen MR) is 71.3 cm³/mol. The highest BCUT2D eigenvalue weighted by Crippen LogP contribution is 2.31. The molecule has 0 radical (unpaired) electrons. The molecule has 0 spiro atoms. The molecule has 0 saturated carbocycles. The summed E-state index contributed by atoms with van der Waals surface area (Å²) in [6.45, 7) is 3.61. The number of rotatable bonds is 1. The highest BCUT2D eigenvalue weighted by atomic mass is 127. The van der Waals surface area contributed by atoms with Crippen molar-refractivity contribution >= 4 is 28.3 Å². The fourth-order valence-corrected chi connectivity index (χ4v) is 3.16. The number of halogens is 1. The summed E-state index contributed by atoms with van der Waals surface area (Å²) in [5.41, 5.74) is 1.40. The lowest BCUT2D eigenvalue weighted by Crippen LogP contribution is -2.33. The molecule has 15 heavy (non-hydrogen) atoms. The largest absolute Gasteiger partial charge is 0.367 e. The lowest BCUT2D eigenvalue weighted by molar-refractivity contribution is 0.578. The Labute approximate surface area is 104 Å². The van der Waals surface area contributed by atoms with Gasteiger partial charge in [-0.25, -0.2) is 0 Å². The van der Waals surface area contributed by atoms with E-state index >= 15 is 0 Å². The minimum atomic E-state index is 0.741. The maximum atomic E-state index is 3.49. The minimum Gasteiger partial charge on any atom is -0.367 e. The molecule has 2 heterocycles. The molecule has 3 rings (SSSR count). The first kappa shape index (κ1) is 9.90. The molecule has 2 fully saturated rings. The third-order valence-corrected chi connectivity index (χ3v) is 4.32. The van der Waals surface area contributed by atoms with Crippen LogP contribution >= 0.6 is 22.6 Å². The van der Waals surface area contributed by atoms with E-state index in [0.29, 0.717) is 0 Å². The highest BCUT2D eigenvalue weighted by molar-refractivity contribution is 14.1. The van der Waals surface area contributed by atoms with Crippen molar-refractivity contribution < 1.29 is 0 Å². The second-order valence-corrected chi connectivity index (χ2v) is 5.69. The molecular weight excluding hydrogens is 299 g/mol. The van der Waals surface area contributed by atoms with Gasteiger partial charge in [0.05, 0.1) is 0 Å². The van der Waals surface area contributed by atoms with E-state index in [9.17, 15) is 0 Å². The normalized spacial score (nSPS) is 29.5. The van der Waals surface area contributed by atoms with Crippen LogP contribution in [0.15, 0.2) is 24.3 Å². The first-order valence-electron chi connectivity index (χ1n) is 5.57. The van der Waals surface area contributed by atoms with Crippen molar-refractivity contribution in [3.05, 3.63) is 27.8 Å². The predicted octanol–water partition coefficient (Wildman–Crippen LogP) is 2.09. The molecule has 0 bridgehead atoms. The topological polar surface area (TPSA) is 15.3 Å². The summed E-state index contributed by atoms with van der Waals surface area (Å²) < 4.78 is 1.32. The number of hydrogen-bond acceptors (Lipinski definition) is 2. The molecule has 0 aromatic heterocycles. The molecule has 2 aliphatic heterocycles. The van der Waals surface area contributed by atoms with Crippen LogP contribution in [0.2, 0.25) is 0 Å². The summed E-state index contributed by atoms with van der Waals surface area (Å²) in [4.78, 5) is 2.57. The Morgan fingerprint density at radius 3 is 2.80 bits per heavy atom. The van der Waals surface area contributed by atoms with Crippen LogP contribution in [0.1, 0.15) is 6.42 Å². The summed E-state index contributed by atoms with van der Waals surface area (Å²) in [6, 6.07) is 9.65. The summed E-state index contributed by atoms with van der Waals surface area (Å²) in [5, 5.41) is 3.49. The van der Waals surface area contributed by atoms with Crippen LogP contribution in [0.4, 0.5) is 5.69 Å². The van der Waals surface area contributed by atoms with E-state index < -0.39 is 0 Å². The van der Waals surface area contributed by atoms with Gasteiger partial charge in [-0.1, -0.05) is 0 Å². The van der Waals surface area contributed by atoms with Crippen LogP contribution < -0.4 is 10.2 Å². The van der Waals surface area contributed by atoms with E-state index in [-0.39, 0.29) is 0 Å². The average Bonchev–Trinajstić information content (AvgIpc) is 2.80. The zero-order valence-corrected chi connectivity index (χ0v) is 10.8. The van der Waals surface area contributed by atoms with E-state index in [1.54, 1.807) is 0 Å². The van der Waals surface area contributed by atoms with Gasteiger partial charge in [-0.3, -0.25) is 0 Å². The van der Waals surface area contributed by atoms with Crippen molar-refractivity contribution in [2.45, 2.75) is 12.5 Å². The molecule has 0 amide bonds. The number of nitrogens with zero attached hydrogens (tertiary/aromatic N) is 1. The number of benzene rings is 1. The zero-order chi connectivity index (χ0) is 10.3. The van der Waals surface area contributed by atoms with Gasteiger partial charge in [0.2, 0.25) is 0 Å². The second-order valence-electron chi connectivity index (χ2n) is 4.44. The molecule has 1 aromatic rings. The van der Waals surface area contributed by atoms with Crippen LogP contribution in [0.5, 0.6) is 0 Å². The summed E-state index contributed by atoms with van der Waals surface area (Å²) in [6.07, 6.45) is 1.35. The van der Waals surface area contributed by atoms with Crippen LogP contribution in [0.25, 0.3) is 0 Å². The molecule has 1 aromatic carbocycles. The molecule has 0 aliphatic carbocycles. The number of hydrogen-bond donors (Lipinski definition) is 1. The van der Waals surface area contributed by atoms with E-state index in [1.165, 1.54) is 28.8 Å². The number of anilines is 1. The van der Waals surface area contributed by atoms with E-state index in [4.69, 9.17) is 0 Å². The first-order chi connectivity index (χ1) is 7.34. The number of fused-ring (bicyclic) bond motifs is 1. The minimum absolute atomic E-state index is 0.741. The molecule has 0 unspecified atom stereocenters. The Balaban J connectivity index is 1.85. The van der Waals surface area contributed by atoms with Crippen LogP contribution in [0.3, 0.4) is 0 Å². The van der Waals surface area contributed by atoms with Crippen molar-refractivity contribution in [2.75, 3.05) is 24.5 Å². The number of nitrogens with one attached hydrogen (secondary N) is 1. The smallest absolute Gasteiger partial charge is 0.0455 e. The first-order valence-corrected chi connectivity index (χ1v) is 6.65. The quantitative estimate of drug-likeness (QED) is 0.799. The maximum Gasteiger partial charge on any atom is 0.0455 e. The van der Waals surface area contributed by atoms with Crippen LogP contribution in [0, 0.1) is 9.49 Å². The summed E-state index contributed by atoms with van der Waals surface area (Å²) in [5.74, 6) is 0.879. The third kappa shape index (κ3) is 1.76. The Bertz CT molecular complexity index is 349. The van der Waals surface area contributed by atoms with Crippen molar-refractivity contribution in [3.63, 3.8) is 0 Å². The highest BCUT2D eigenvalue weighted by Gasteiger charge is 2.37. The second kappa shape index (κ2) is 3.94. The molecule has 2 saturated heterocycles. The molecule has 2 atom stereocenters. The molecule has 1 N–H and O–H groups in total. The molecule has 80 valence electrons. The molecule has 3 heteroatoms. The van der Waals surface area contributed by atoms with Gasteiger partial charge in [-0.2, -0.15) is 0 Å². The van der Waals surface area contributed by atoms with Crippen LogP contribution in [-0.4, -0.2) is 25.7 Å². The fourth-order valence-electron chi connectivity index (χ4n) is 2.80. The van der Waals surface area contributed by atoms with Gasteiger partial charge >= 0.3 is 0 Å².